The Morgan fingerprint density at radius 1 is 1.29 bits per heavy atom. The van der Waals surface area contributed by atoms with Crippen LogP contribution in [-0.2, 0) is 14.8 Å². The lowest BCUT2D eigenvalue weighted by Gasteiger charge is -2.10. The molecule has 0 saturated carbocycles. The van der Waals surface area contributed by atoms with Crippen LogP contribution < -0.4 is 4.72 Å². The van der Waals surface area contributed by atoms with Crippen LogP contribution in [0.4, 0.5) is 0 Å². The van der Waals surface area contributed by atoms with Crippen molar-refractivity contribution in [3.8, 4) is 0 Å². The summed E-state index contributed by atoms with van der Waals surface area (Å²) in [5, 5.41) is 8.93. The molecule has 0 fully saturated rings. The molecule has 0 aromatic heterocycles. The minimum Gasteiger partial charge on any atom is -0.480 e. The Morgan fingerprint density at radius 2 is 1.76 bits per heavy atom. The highest BCUT2D eigenvalue weighted by Gasteiger charge is 2.22. The van der Waals surface area contributed by atoms with Gasteiger partial charge in [-0.2, -0.15) is 4.72 Å². The van der Waals surface area contributed by atoms with E-state index in [1.165, 1.54) is 25.1 Å². The first-order valence-corrected chi connectivity index (χ1v) is 6.67. The van der Waals surface area contributed by atoms with Gasteiger partial charge in [-0.25, -0.2) is 8.42 Å². The Bertz CT molecular complexity index is 524. The molecule has 0 aliphatic heterocycles. The summed E-state index contributed by atoms with van der Waals surface area (Å²) in [6, 6.07) is 2.51. The molecule has 94 valence electrons. The Kier molecular flexibility index (Phi) is 4.37. The van der Waals surface area contributed by atoms with Crippen LogP contribution in [0.5, 0.6) is 0 Å². The van der Waals surface area contributed by atoms with Crippen molar-refractivity contribution in [2.24, 2.45) is 0 Å². The maximum absolute atomic E-state index is 11.8. The van der Waals surface area contributed by atoms with Crippen molar-refractivity contribution in [1.82, 2.24) is 4.72 Å². The molecule has 8 heteroatoms. The second kappa shape index (κ2) is 5.22. The summed E-state index contributed by atoms with van der Waals surface area (Å²) < 4.78 is 25.5. The van der Waals surface area contributed by atoms with Crippen molar-refractivity contribution >= 4 is 39.2 Å². The third-order valence-electron chi connectivity index (χ3n) is 1.85. The Balaban J connectivity index is 3.09. The third kappa shape index (κ3) is 3.85. The lowest BCUT2D eigenvalue weighted by Crippen LogP contribution is -2.38. The maximum atomic E-state index is 11.8. The second-order valence-electron chi connectivity index (χ2n) is 3.29. The average Bonchev–Trinajstić information content (AvgIpc) is 2.15. The van der Waals surface area contributed by atoms with Crippen molar-refractivity contribution < 1.29 is 18.3 Å². The fourth-order valence-corrected chi connectivity index (χ4v) is 2.96. The molecule has 1 aromatic rings. The van der Waals surface area contributed by atoms with Crippen molar-refractivity contribution in [3.05, 3.63) is 28.2 Å². The van der Waals surface area contributed by atoms with Crippen LogP contribution in [-0.4, -0.2) is 25.5 Å². The third-order valence-corrected chi connectivity index (χ3v) is 3.81. The van der Waals surface area contributed by atoms with Gasteiger partial charge in [0.05, 0.1) is 4.90 Å². The van der Waals surface area contributed by atoms with Gasteiger partial charge in [-0.05, 0) is 25.1 Å². The van der Waals surface area contributed by atoms with Gasteiger partial charge < -0.3 is 5.11 Å². The van der Waals surface area contributed by atoms with E-state index < -0.39 is 22.0 Å². The highest BCUT2D eigenvalue weighted by Crippen LogP contribution is 2.22. The first kappa shape index (κ1) is 14.2. The molecule has 0 aliphatic carbocycles. The number of hydrogen-bond acceptors (Lipinski definition) is 3. The lowest BCUT2D eigenvalue weighted by molar-refractivity contribution is -0.138. The molecule has 0 aliphatic rings. The van der Waals surface area contributed by atoms with Gasteiger partial charge in [-0.3, -0.25) is 4.79 Å². The van der Waals surface area contributed by atoms with Crippen LogP contribution in [0.25, 0.3) is 0 Å². The van der Waals surface area contributed by atoms with Gasteiger partial charge in [0.15, 0.2) is 0 Å². The largest absolute Gasteiger partial charge is 0.480 e. The van der Waals surface area contributed by atoms with Crippen LogP contribution in [0.2, 0.25) is 10.0 Å². The monoisotopic (exact) mass is 297 g/mol. The number of carboxylic acids is 1. The fourth-order valence-electron chi connectivity index (χ4n) is 1.03. The van der Waals surface area contributed by atoms with E-state index in [1.807, 2.05) is 4.72 Å². The molecule has 1 atom stereocenters. The number of sulfonamides is 1. The van der Waals surface area contributed by atoms with Crippen LogP contribution >= 0.6 is 23.2 Å². The summed E-state index contributed by atoms with van der Waals surface area (Å²) in [7, 11) is -3.95. The molecule has 0 unspecified atom stereocenters. The zero-order valence-corrected chi connectivity index (χ0v) is 11.0. The molecular formula is C9H9Cl2NO4S. The van der Waals surface area contributed by atoms with E-state index in [0.717, 1.165) is 0 Å². The minimum absolute atomic E-state index is 0.154. The normalized spacial score (nSPS) is 13.4. The predicted molar refractivity (Wildman–Crippen MR) is 63.9 cm³/mol. The quantitative estimate of drug-likeness (QED) is 0.887. The van der Waals surface area contributed by atoms with E-state index in [9.17, 15) is 13.2 Å². The predicted octanol–water partition coefficient (Wildman–Crippen LogP) is 1.74. The molecule has 0 amide bonds. The minimum atomic E-state index is -3.95. The lowest BCUT2D eigenvalue weighted by atomic mass is 10.4. The summed E-state index contributed by atoms with van der Waals surface area (Å²) in [6.07, 6.45) is 0. The van der Waals surface area contributed by atoms with Gasteiger partial charge in [0.2, 0.25) is 10.0 Å². The number of benzene rings is 1. The molecule has 0 bridgehead atoms. The topological polar surface area (TPSA) is 83.5 Å². The van der Waals surface area contributed by atoms with Gasteiger partial charge in [-0.15, -0.1) is 0 Å². The standard InChI is InChI=1S/C9H9Cl2NO4S/c1-5(9(13)14)12-17(15,16)8-3-6(10)2-7(11)4-8/h2-5,12H,1H3,(H,13,14)/t5-/m1/s1. The van der Waals surface area contributed by atoms with Crippen molar-refractivity contribution in [2.75, 3.05) is 0 Å². The Hall–Kier alpha value is -0.820. The molecule has 1 aromatic carbocycles. The van der Waals surface area contributed by atoms with Crippen LogP contribution in [0.15, 0.2) is 23.1 Å². The summed E-state index contributed by atoms with van der Waals surface area (Å²) >= 11 is 11.3. The van der Waals surface area contributed by atoms with Crippen molar-refractivity contribution in [3.63, 3.8) is 0 Å². The van der Waals surface area contributed by atoms with Gasteiger partial charge >= 0.3 is 5.97 Å². The van der Waals surface area contributed by atoms with E-state index >= 15 is 0 Å². The Morgan fingerprint density at radius 3 is 2.18 bits per heavy atom. The summed E-state index contributed by atoms with van der Waals surface area (Å²) in [6.45, 7) is 1.21. The first-order chi connectivity index (χ1) is 7.72. The zero-order valence-electron chi connectivity index (χ0n) is 8.65. The van der Waals surface area contributed by atoms with E-state index in [-0.39, 0.29) is 14.9 Å². The summed E-state index contributed by atoms with van der Waals surface area (Å²) in [4.78, 5) is 10.4. The van der Waals surface area contributed by atoms with Gasteiger partial charge in [-0.1, -0.05) is 23.2 Å². The number of rotatable bonds is 4. The van der Waals surface area contributed by atoms with Gasteiger partial charge in [0.1, 0.15) is 6.04 Å². The van der Waals surface area contributed by atoms with Crippen molar-refractivity contribution in [2.45, 2.75) is 17.9 Å². The number of nitrogens with one attached hydrogen (secondary N) is 1. The fraction of sp³-hybridized carbons (Fsp3) is 0.222. The average molecular weight is 298 g/mol. The number of halogens is 2. The smallest absolute Gasteiger partial charge is 0.321 e. The molecule has 0 saturated heterocycles. The van der Waals surface area contributed by atoms with E-state index in [2.05, 4.69) is 0 Å². The van der Waals surface area contributed by atoms with Gasteiger partial charge in [0, 0.05) is 10.0 Å². The molecular weight excluding hydrogens is 289 g/mol. The number of aliphatic carboxylic acids is 1. The van der Waals surface area contributed by atoms with Gasteiger partial charge in [0.25, 0.3) is 0 Å². The highest BCUT2D eigenvalue weighted by molar-refractivity contribution is 7.89. The Labute approximate surface area is 108 Å². The number of carboxylic acid groups (broad SMARTS) is 1. The number of hydrogen-bond donors (Lipinski definition) is 2. The summed E-state index contributed by atoms with van der Waals surface area (Å²) in [5.74, 6) is -1.28. The first-order valence-electron chi connectivity index (χ1n) is 4.43. The molecule has 5 nitrogen and oxygen atoms in total. The van der Waals surface area contributed by atoms with Crippen LogP contribution in [0.1, 0.15) is 6.92 Å². The SMILES string of the molecule is C[C@@H](NS(=O)(=O)c1cc(Cl)cc(Cl)c1)C(=O)O. The molecule has 17 heavy (non-hydrogen) atoms. The second-order valence-corrected chi connectivity index (χ2v) is 5.87. The molecule has 1 rings (SSSR count). The molecule has 0 heterocycles. The van der Waals surface area contributed by atoms with E-state index in [1.54, 1.807) is 0 Å². The zero-order chi connectivity index (χ0) is 13.2. The summed E-state index contributed by atoms with van der Waals surface area (Å²) in [5.41, 5.74) is 0. The van der Waals surface area contributed by atoms with Crippen molar-refractivity contribution in [1.29, 1.82) is 0 Å². The van der Waals surface area contributed by atoms with Crippen LogP contribution in [0.3, 0.4) is 0 Å². The van der Waals surface area contributed by atoms with E-state index in [0.29, 0.717) is 0 Å². The maximum Gasteiger partial charge on any atom is 0.321 e. The van der Waals surface area contributed by atoms with Crippen LogP contribution in [0, 0.1) is 0 Å². The number of carbonyl (C=O) groups is 1. The molecule has 0 radical (unpaired) electrons. The van der Waals surface area contributed by atoms with E-state index in [4.69, 9.17) is 28.3 Å². The highest BCUT2D eigenvalue weighted by atomic mass is 35.5. The molecule has 2 N–H and O–H groups in total. The molecule has 0 spiro atoms.